The van der Waals surface area contributed by atoms with Crippen molar-refractivity contribution in [1.82, 2.24) is 0 Å². The third kappa shape index (κ3) is 6.93. The van der Waals surface area contributed by atoms with Crippen molar-refractivity contribution in [3.8, 4) is 46.0 Å². The first-order chi connectivity index (χ1) is 17.0. The summed E-state index contributed by atoms with van der Waals surface area (Å²) in [6.07, 6.45) is 0. The van der Waals surface area contributed by atoms with Gasteiger partial charge in [0.1, 0.15) is 46.0 Å². The molecule has 0 fully saturated rings. The fraction of sp³-hybridized carbons (Fsp3) is 0.200. The summed E-state index contributed by atoms with van der Waals surface area (Å²) < 4.78 is 29.5. The van der Waals surface area contributed by atoms with E-state index in [2.05, 4.69) is 0 Å². The van der Waals surface area contributed by atoms with Crippen molar-refractivity contribution < 1.29 is 23.7 Å². The molecule has 0 radical (unpaired) electrons. The molecule has 4 rings (SSSR count). The van der Waals surface area contributed by atoms with Gasteiger partial charge in [0.05, 0.1) is 13.2 Å². The van der Waals surface area contributed by atoms with E-state index in [-0.39, 0.29) is 0 Å². The molecule has 0 N–H and O–H groups in total. The zero-order valence-electron chi connectivity index (χ0n) is 20.5. The van der Waals surface area contributed by atoms with Crippen molar-refractivity contribution in [1.29, 1.82) is 0 Å². The number of hydrogen-bond acceptors (Lipinski definition) is 5. The van der Waals surface area contributed by atoms with Crippen LogP contribution in [0.5, 0.6) is 46.0 Å². The first-order valence-corrected chi connectivity index (χ1v) is 11.7. The monoisotopic (exact) mass is 470 g/mol. The van der Waals surface area contributed by atoms with Gasteiger partial charge in [0.25, 0.3) is 0 Å². The zero-order chi connectivity index (χ0) is 24.6. The molecule has 0 amide bonds. The molecule has 35 heavy (non-hydrogen) atoms. The summed E-state index contributed by atoms with van der Waals surface area (Å²) in [7, 11) is 0. The van der Waals surface area contributed by atoms with Crippen LogP contribution in [0.15, 0.2) is 84.9 Å². The number of benzene rings is 4. The summed E-state index contributed by atoms with van der Waals surface area (Å²) in [4.78, 5) is 0. The van der Waals surface area contributed by atoms with E-state index in [1.165, 1.54) is 0 Å². The second kappa shape index (κ2) is 11.3. The molecule has 0 spiro atoms. The lowest BCUT2D eigenvalue weighted by atomic mass is 10.2. The summed E-state index contributed by atoms with van der Waals surface area (Å²) in [5, 5.41) is 0. The smallest absolute Gasteiger partial charge is 0.131 e. The Balaban J connectivity index is 1.47. The SMILES string of the molecule is CCOc1cc(C)cc(Oc2cccc(Oc3cccc(Oc4cc(C)cc(OCC)c4)c3)c2)c1. The van der Waals surface area contributed by atoms with Crippen LogP contribution in [0, 0.1) is 13.8 Å². The third-order valence-corrected chi connectivity index (χ3v) is 4.99. The van der Waals surface area contributed by atoms with E-state index in [4.69, 9.17) is 23.7 Å². The highest BCUT2D eigenvalue weighted by Crippen LogP contribution is 2.33. The fourth-order valence-corrected chi connectivity index (χ4v) is 3.66. The molecule has 0 unspecified atom stereocenters. The van der Waals surface area contributed by atoms with E-state index in [0.29, 0.717) is 47.7 Å². The molecular formula is C30H30O5. The van der Waals surface area contributed by atoms with E-state index in [1.807, 2.05) is 113 Å². The Morgan fingerprint density at radius 3 is 1.11 bits per heavy atom. The zero-order valence-corrected chi connectivity index (χ0v) is 20.5. The van der Waals surface area contributed by atoms with Crippen molar-refractivity contribution in [2.45, 2.75) is 27.7 Å². The molecule has 0 heterocycles. The molecule has 180 valence electrons. The second-order valence-corrected chi connectivity index (χ2v) is 8.09. The van der Waals surface area contributed by atoms with Gasteiger partial charge < -0.3 is 23.7 Å². The highest BCUT2D eigenvalue weighted by atomic mass is 16.5. The van der Waals surface area contributed by atoms with Gasteiger partial charge in [-0.05, 0) is 87.4 Å². The van der Waals surface area contributed by atoms with Gasteiger partial charge in [0, 0.05) is 24.3 Å². The number of ether oxygens (including phenoxy) is 5. The Hall–Kier alpha value is -4.12. The maximum atomic E-state index is 6.10. The number of aryl methyl sites for hydroxylation is 2. The van der Waals surface area contributed by atoms with Crippen molar-refractivity contribution in [3.63, 3.8) is 0 Å². The summed E-state index contributed by atoms with van der Waals surface area (Å²) in [5.41, 5.74) is 2.13. The Morgan fingerprint density at radius 2 is 0.743 bits per heavy atom. The molecule has 0 aliphatic heterocycles. The predicted octanol–water partition coefficient (Wildman–Crippen LogP) is 8.48. The van der Waals surface area contributed by atoms with Crippen LogP contribution in [0.2, 0.25) is 0 Å². The van der Waals surface area contributed by atoms with Crippen LogP contribution in [0.4, 0.5) is 0 Å². The van der Waals surface area contributed by atoms with Crippen molar-refractivity contribution >= 4 is 0 Å². The Bertz CT molecular complexity index is 1180. The third-order valence-electron chi connectivity index (χ3n) is 4.99. The highest BCUT2D eigenvalue weighted by Gasteiger charge is 2.07. The normalized spacial score (nSPS) is 10.5. The van der Waals surface area contributed by atoms with E-state index < -0.39 is 0 Å². The molecule has 4 aromatic carbocycles. The molecule has 5 nitrogen and oxygen atoms in total. The molecule has 0 aliphatic carbocycles. The molecule has 0 aromatic heterocycles. The van der Waals surface area contributed by atoms with Crippen LogP contribution < -0.4 is 23.7 Å². The lowest BCUT2D eigenvalue weighted by Gasteiger charge is -2.12. The van der Waals surface area contributed by atoms with Gasteiger partial charge in [-0.15, -0.1) is 0 Å². The quantitative estimate of drug-likeness (QED) is 0.233. The largest absolute Gasteiger partial charge is 0.494 e. The van der Waals surface area contributed by atoms with Crippen LogP contribution in [-0.2, 0) is 0 Å². The maximum Gasteiger partial charge on any atom is 0.131 e. The fourth-order valence-electron chi connectivity index (χ4n) is 3.66. The van der Waals surface area contributed by atoms with Gasteiger partial charge in [-0.2, -0.15) is 0 Å². The van der Waals surface area contributed by atoms with Crippen molar-refractivity contribution in [2.24, 2.45) is 0 Å². The van der Waals surface area contributed by atoms with Crippen LogP contribution in [0.25, 0.3) is 0 Å². The Labute approximate surface area is 206 Å². The minimum absolute atomic E-state index is 0.604. The standard InChI is InChI=1S/C30H30O5/c1-5-31-27-13-21(3)15-29(19-27)34-25-11-7-9-23(17-25)33-24-10-8-12-26(18-24)35-30-16-22(4)14-28(20-30)32-6-2/h7-20H,5-6H2,1-4H3. The van der Waals surface area contributed by atoms with Gasteiger partial charge in [-0.1, -0.05) is 12.1 Å². The molecule has 0 bridgehead atoms. The van der Waals surface area contributed by atoms with Gasteiger partial charge in [-0.25, -0.2) is 0 Å². The van der Waals surface area contributed by atoms with Crippen molar-refractivity contribution in [2.75, 3.05) is 13.2 Å². The lowest BCUT2D eigenvalue weighted by molar-refractivity contribution is 0.337. The molecule has 4 aromatic rings. The summed E-state index contributed by atoms with van der Waals surface area (Å²) in [5.74, 6) is 5.66. The lowest BCUT2D eigenvalue weighted by Crippen LogP contribution is -1.94. The van der Waals surface area contributed by atoms with Crippen LogP contribution in [0.1, 0.15) is 25.0 Å². The minimum Gasteiger partial charge on any atom is -0.494 e. The topological polar surface area (TPSA) is 46.2 Å². The Morgan fingerprint density at radius 1 is 0.429 bits per heavy atom. The predicted molar refractivity (Wildman–Crippen MR) is 138 cm³/mol. The van der Waals surface area contributed by atoms with Gasteiger partial charge in [0.15, 0.2) is 0 Å². The molecular weight excluding hydrogens is 440 g/mol. The van der Waals surface area contributed by atoms with Crippen LogP contribution in [-0.4, -0.2) is 13.2 Å². The van der Waals surface area contributed by atoms with Gasteiger partial charge >= 0.3 is 0 Å². The van der Waals surface area contributed by atoms with E-state index in [1.54, 1.807) is 0 Å². The highest BCUT2D eigenvalue weighted by molar-refractivity contribution is 5.45. The molecule has 5 heteroatoms. The van der Waals surface area contributed by atoms with E-state index >= 15 is 0 Å². The van der Waals surface area contributed by atoms with Gasteiger partial charge in [-0.3, -0.25) is 0 Å². The van der Waals surface area contributed by atoms with Crippen LogP contribution in [0.3, 0.4) is 0 Å². The van der Waals surface area contributed by atoms with Crippen LogP contribution >= 0.6 is 0 Å². The first kappa shape index (κ1) is 24.0. The first-order valence-electron chi connectivity index (χ1n) is 11.7. The van der Waals surface area contributed by atoms with E-state index in [0.717, 1.165) is 22.6 Å². The summed E-state index contributed by atoms with van der Waals surface area (Å²) >= 11 is 0. The van der Waals surface area contributed by atoms with Gasteiger partial charge in [0.2, 0.25) is 0 Å². The Kier molecular flexibility index (Phi) is 7.78. The molecule has 0 saturated heterocycles. The van der Waals surface area contributed by atoms with Crippen molar-refractivity contribution in [3.05, 3.63) is 96.1 Å². The molecule has 0 atom stereocenters. The maximum absolute atomic E-state index is 6.10. The van der Waals surface area contributed by atoms with E-state index in [9.17, 15) is 0 Å². The second-order valence-electron chi connectivity index (χ2n) is 8.09. The summed E-state index contributed by atoms with van der Waals surface area (Å²) in [6.45, 7) is 9.15. The average molecular weight is 471 g/mol. The molecule has 0 saturated carbocycles. The summed E-state index contributed by atoms with van der Waals surface area (Å²) in [6, 6.07) is 26.7. The average Bonchev–Trinajstić information content (AvgIpc) is 2.79. The minimum atomic E-state index is 0.604. The molecule has 0 aliphatic rings. The number of rotatable bonds is 10. The number of hydrogen-bond donors (Lipinski definition) is 0.